The lowest BCUT2D eigenvalue weighted by Crippen LogP contribution is -2.30. The van der Waals surface area contributed by atoms with Crippen LogP contribution >= 0.6 is 15.6 Å². The van der Waals surface area contributed by atoms with E-state index in [1.54, 1.807) is 0 Å². The van der Waals surface area contributed by atoms with Crippen molar-refractivity contribution in [2.75, 3.05) is 39.6 Å². The topological polar surface area (TPSA) is 237 Å². The molecule has 0 saturated carbocycles. The number of aliphatic hydroxyl groups is 1. The second-order valence-corrected chi connectivity index (χ2v) is 32.9. The number of phosphoric ester groups is 2. The van der Waals surface area contributed by atoms with Crippen molar-refractivity contribution < 1.29 is 80.2 Å². The maximum atomic E-state index is 13.1. The molecule has 0 bridgehead atoms. The van der Waals surface area contributed by atoms with Gasteiger partial charge in [0.25, 0.3) is 0 Å². The van der Waals surface area contributed by atoms with E-state index in [1.807, 2.05) is 0 Å². The van der Waals surface area contributed by atoms with Crippen molar-refractivity contribution in [1.82, 2.24) is 0 Å². The number of carbonyl (C=O) groups excluding carboxylic acids is 4. The minimum absolute atomic E-state index is 0.0858. The first-order valence-corrected chi connectivity index (χ1v) is 45.9. The molecule has 0 amide bonds. The molecular weight excluding hydrogens is 1340 g/mol. The molecule has 0 aromatic heterocycles. The Bertz CT molecular complexity index is 2060. The molecule has 2 unspecified atom stereocenters. The van der Waals surface area contributed by atoms with Crippen molar-refractivity contribution >= 4 is 39.5 Å². The lowest BCUT2D eigenvalue weighted by molar-refractivity contribution is -0.161. The van der Waals surface area contributed by atoms with Crippen LogP contribution in [0.2, 0.25) is 0 Å². The second kappa shape index (κ2) is 76.3. The summed E-state index contributed by atoms with van der Waals surface area (Å²) in [6.45, 7) is 7.32. The van der Waals surface area contributed by atoms with Crippen molar-refractivity contribution in [1.29, 1.82) is 0 Å². The summed E-state index contributed by atoms with van der Waals surface area (Å²) >= 11 is 0. The van der Waals surface area contributed by atoms with Gasteiger partial charge in [-0.1, -0.05) is 374 Å². The highest BCUT2D eigenvalue weighted by molar-refractivity contribution is 7.47. The first-order chi connectivity index (χ1) is 50.0. The molecule has 3 N–H and O–H groups in total. The monoisotopic (exact) mass is 1500 g/mol. The highest BCUT2D eigenvalue weighted by atomic mass is 31.2. The van der Waals surface area contributed by atoms with Crippen molar-refractivity contribution in [3.8, 4) is 0 Å². The molecule has 19 heteroatoms. The molecule has 0 saturated heterocycles. The third-order valence-electron chi connectivity index (χ3n) is 19.2. The first-order valence-electron chi connectivity index (χ1n) is 43.0. The minimum atomic E-state index is -4.97. The van der Waals surface area contributed by atoms with E-state index in [2.05, 4.69) is 58.9 Å². The third-order valence-corrected chi connectivity index (χ3v) is 21.1. The molecule has 0 spiro atoms. The molecule has 0 aliphatic heterocycles. The standard InChI is InChI=1S/C84H160O17P2/c1-6-9-12-15-18-21-24-27-29-30-35-38-43-48-53-58-63-68-82(87)95-74-80(101-84(89)70-65-60-55-50-45-40-36-32-31-34-37-41-46-51-56-61-66-77(4)5)76-99-103(92,93)97-72-78(85)71-96-102(90,91)98-75-79(73-94-81(86)67-62-57-52-47-42-26-23-20-17-14-11-8-3)100-83(88)69-64-59-54-49-44-39-33-28-25-22-19-16-13-10-7-2/h22,25,28,33,77-80,85H,6-21,23-24,26-27,29-32,34-76H2,1-5H3,(H,90,91)(H,92,93)/b25-22-,33-28-/t78-,79+,80+/m0/s1. The number of aliphatic hydroxyl groups excluding tert-OH is 1. The molecule has 0 aliphatic carbocycles. The molecule has 0 aromatic carbocycles. The van der Waals surface area contributed by atoms with Gasteiger partial charge in [0, 0.05) is 25.7 Å². The van der Waals surface area contributed by atoms with E-state index in [0.29, 0.717) is 25.7 Å². The van der Waals surface area contributed by atoms with Gasteiger partial charge in [-0.2, -0.15) is 0 Å². The lowest BCUT2D eigenvalue weighted by atomic mass is 10.0. The number of ether oxygens (including phenoxy) is 4. The number of rotatable bonds is 82. The molecule has 0 rings (SSSR count). The van der Waals surface area contributed by atoms with Crippen molar-refractivity contribution in [2.24, 2.45) is 5.92 Å². The number of hydrogen-bond acceptors (Lipinski definition) is 15. The van der Waals surface area contributed by atoms with Gasteiger partial charge in [0.15, 0.2) is 12.2 Å². The summed E-state index contributed by atoms with van der Waals surface area (Å²) in [5.74, 6) is -1.32. The van der Waals surface area contributed by atoms with Gasteiger partial charge in [-0.25, -0.2) is 9.13 Å². The Balaban J connectivity index is 5.29. The van der Waals surface area contributed by atoms with Crippen LogP contribution < -0.4 is 0 Å². The number of phosphoric acid groups is 2. The number of esters is 4. The summed E-state index contributed by atoms with van der Waals surface area (Å²) in [5, 5.41) is 10.7. The van der Waals surface area contributed by atoms with Gasteiger partial charge in [-0.15, -0.1) is 0 Å². The molecule has 103 heavy (non-hydrogen) atoms. The van der Waals surface area contributed by atoms with Crippen LogP contribution in [0.15, 0.2) is 24.3 Å². The Morgan fingerprint density at radius 1 is 0.301 bits per heavy atom. The van der Waals surface area contributed by atoms with Crippen LogP contribution in [-0.4, -0.2) is 96.7 Å². The van der Waals surface area contributed by atoms with E-state index in [9.17, 15) is 43.2 Å². The largest absolute Gasteiger partial charge is 0.472 e. The highest BCUT2D eigenvalue weighted by Crippen LogP contribution is 2.45. The molecule has 608 valence electrons. The van der Waals surface area contributed by atoms with Crippen molar-refractivity contribution in [2.45, 2.75) is 445 Å². The zero-order valence-corrected chi connectivity index (χ0v) is 68.7. The van der Waals surface area contributed by atoms with Crippen LogP contribution in [0.25, 0.3) is 0 Å². The predicted octanol–water partition coefficient (Wildman–Crippen LogP) is 25.1. The molecule has 0 radical (unpaired) electrons. The number of unbranched alkanes of at least 4 members (excludes halogenated alkanes) is 51. The quantitative estimate of drug-likeness (QED) is 0.0169. The van der Waals surface area contributed by atoms with Gasteiger partial charge in [0.1, 0.15) is 19.3 Å². The van der Waals surface area contributed by atoms with Crippen molar-refractivity contribution in [3.63, 3.8) is 0 Å². The SMILES string of the molecule is CCCCCC/C=C\C=C/CCCCCCCC(=O)O[C@H](COC(=O)CCCCCCCCCCCCCC)COP(=O)(O)OC[C@H](O)COP(=O)(O)OC[C@@H](COC(=O)CCCCCCCCCCCCCCCCCCC)OC(=O)CCCCCCCCCCCCCCCCCCC(C)C. The Labute approximate surface area is 631 Å². The predicted molar refractivity (Wildman–Crippen MR) is 423 cm³/mol. The van der Waals surface area contributed by atoms with E-state index in [4.69, 9.17) is 37.0 Å². The Morgan fingerprint density at radius 3 is 0.796 bits per heavy atom. The van der Waals surface area contributed by atoms with Crippen LogP contribution in [-0.2, 0) is 65.4 Å². The number of carbonyl (C=O) groups is 4. The smallest absolute Gasteiger partial charge is 0.462 e. The van der Waals surface area contributed by atoms with Crippen molar-refractivity contribution in [3.05, 3.63) is 24.3 Å². The van der Waals surface area contributed by atoms with E-state index < -0.39 is 97.5 Å². The molecule has 0 aliphatic rings. The van der Waals surface area contributed by atoms with Gasteiger partial charge < -0.3 is 33.8 Å². The highest BCUT2D eigenvalue weighted by Gasteiger charge is 2.30. The summed E-state index contributed by atoms with van der Waals surface area (Å²) in [6, 6.07) is 0. The maximum absolute atomic E-state index is 13.1. The Kier molecular flexibility index (Phi) is 74.5. The third kappa shape index (κ3) is 77.5. The fourth-order valence-electron chi connectivity index (χ4n) is 12.6. The van der Waals surface area contributed by atoms with E-state index in [1.165, 1.54) is 238 Å². The van der Waals surface area contributed by atoms with Gasteiger partial charge in [0.2, 0.25) is 0 Å². The fourth-order valence-corrected chi connectivity index (χ4v) is 14.2. The minimum Gasteiger partial charge on any atom is -0.462 e. The second-order valence-electron chi connectivity index (χ2n) is 30.0. The van der Waals surface area contributed by atoms with Gasteiger partial charge >= 0.3 is 39.5 Å². The average Bonchev–Trinajstić information content (AvgIpc) is 0.970. The molecule has 5 atom stereocenters. The molecule has 17 nitrogen and oxygen atoms in total. The van der Waals surface area contributed by atoms with Crippen LogP contribution in [0.1, 0.15) is 426 Å². The van der Waals surface area contributed by atoms with E-state index >= 15 is 0 Å². The Morgan fingerprint density at radius 2 is 0.524 bits per heavy atom. The molecular formula is C84H160O17P2. The molecule has 0 fully saturated rings. The summed E-state index contributed by atoms with van der Waals surface area (Å²) in [7, 11) is -9.94. The van der Waals surface area contributed by atoms with Gasteiger partial charge in [-0.3, -0.25) is 37.3 Å². The summed E-state index contributed by atoms with van der Waals surface area (Å²) < 4.78 is 68.8. The molecule has 0 aromatic rings. The van der Waals surface area contributed by atoms with Crippen LogP contribution in [0.3, 0.4) is 0 Å². The maximum Gasteiger partial charge on any atom is 0.472 e. The average molecular weight is 1500 g/mol. The van der Waals surface area contributed by atoms with Gasteiger partial charge in [0.05, 0.1) is 26.4 Å². The van der Waals surface area contributed by atoms with E-state index in [0.717, 1.165) is 109 Å². The van der Waals surface area contributed by atoms with Crippen LogP contribution in [0.5, 0.6) is 0 Å². The fraction of sp³-hybridized carbons (Fsp3) is 0.905. The first kappa shape index (κ1) is 101. The summed E-state index contributed by atoms with van der Waals surface area (Å²) in [6.07, 6.45) is 71.5. The number of hydrogen-bond donors (Lipinski definition) is 3. The van der Waals surface area contributed by atoms with E-state index in [-0.39, 0.29) is 25.7 Å². The number of allylic oxidation sites excluding steroid dienone is 4. The zero-order chi connectivity index (χ0) is 75.5. The zero-order valence-electron chi connectivity index (χ0n) is 66.9. The van der Waals surface area contributed by atoms with Crippen LogP contribution in [0.4, 0.5) is 0 Å². The normalized spacial score (nSPS) is 14.0. The Hall–Kier alpha value is -2.46. The van der Waals surface area contributed by atoms with Crippen LogP contribution in [0, 0.1) is 5.92 Å². The summed E-state index contributed by atoms with van der Waals surface area (Å²) in [4.78, 5) is 73.1. The summed E-state index contributed by atoms with van der Waals surface area (Å²) in [5.41, 5.74) is 0. The van der Waals surface area contributed by atoms with Gasteiger partial charge in [-0.05, 0) is 57.3 Å². The lowest BCUT2D eigenvalue weighted by Gasteiger charge is -2.21. The molecule has 0 heterocycles.